The fourth-order valence-electron chi connectivity index (χ4n) is 1.62. The maximum atomic E-state index is 11.5. The molecule has 1 fully saturated rings. The number of carbonyl (C=O) groups excluding carboxylic acids is 1. The van der Waals surface area contributed by atoms with Crippen LogP contribution in [0, 0.1) is 12.8 Å². The lowest BCUT2D eigenvalue weighted by molar-refractivity contribution is -0.116. The minimum absolute atomic E-state index is 0.141. The highest BCUT2D eigenvalue weighted by atomic mass is 32.1. The van der Waals surface area contributed by atoms with Gasteiger partial charge in [0.1, 0.15) is 0 Å². The van der Waals surface area contributed by atoms with Crippen LogP contribution < -0.4 is 5.32 Å². The van der Waals surface area contributed by atoms with Crippen LogP contribution in [-0.4, -0.2) is 23.7 Å². The van der Waals surface area contributed by atoms with E-state index in [1.807, 2.05) is 24.4 Å². The fourth-order valence-corrected chi connectivity index (χ4v) is 2.44. The number of aliphatic hydroxyl groups excluding tert-OH is 1. The van der Waals surface area contributed by atoms with Crippen molar-refractivity contribution < 1.29 is 9.90 Å². The number of amides is 1. The molecule has 3 nitrogen and oxygen atoms in total. The van der Waals surface area contributed by atoms with Gasteiger partial charge in [-0.25, -0.2) is 0 Å². The first-order chi connectivity index (χ1) is 8.16. The van der Waals surface area contributed by atoms with Crippen molar-refractivity contribution in [1.82, 2.24) is 5.32 Å². The van der Waals surface area contributed by atoms with E-state index in [9.17, 15) is 9.90 Å². The molecule has 2 N–H and O–H groups in total. The van der Waals surface area contributed by atoms with E-state index in [4.69, 9.17) is 0 Å². The van der Waals surface area contributed by atoms with Crippen molar-refractivity contribution in [3.63, 3.8) is 0 Å². The number of carbonyl (C=O) groups is 1. The van der Waals surface area contributed by atoms with E-state index in [2.05, 4.69) is 5.32 Å². The summed E-state index contributed by atoms with van der Waals surface area (Å²) in [6, 6.07) is 2.03. The second-order valence-electron chi connectivity index (χ2n) is 4.45. The standard InChI is InChI=1S/C13H17NO2S/c1-9-6-7-17-12(9)4-5-13(16)14-8-11(15)10-2-3-10/h4-7,10-11,15H,2-3,8H2,1H3,(H,14,16). The number of nitrogens with one attached hydrogen (secondary N) is 1. The van der Waals surface area contributed by atoms with Crippen molar-refractivity contribution in [3.05, 3.63) is 28.0 Å². The van der Waals surface area contributed by atoms with Crippen molar-refractivity contribution in [3.8, 4) is 0 Å². The lowest BCUT2D eigenvalue weighted by Crippen LogP contribution is -2.31. The molecule has 17 heavy (non-hydrogen) atoms. The van der Waals surface area contributed by atoms with Gasteiger partial charge in [-0.05, 0) is 48.8 Å². The molecule has 1 unspecified atom stereocenters. The zero-order valence-electron chi connectivity index (χ0n) is 9.85. The lowest BCUT2D eigenvalue weighted by Gasteiger charge is -2.08. The Labute approximate surface area is 105 Å². The molecule has 0 aliphatic heterocycles. The number of rotatable bonds is 5. The third kappa shape index (κ3) is 3.68. The molecule has 1 saturated carbocycles. The van der Waals surface area contributed by atoms with E-state index in [0.717, 1.165) is 17.7 Å². The zero-order valence-corrected chi connectivity index (χ0v) is 10.7. The summed E-state index contributed by atoms with van der Waals surface area (Å²) >= 11 is 1.61. The molecule has 92 valence electrons. The van der Waals surface area contributed by atoms with E-state index in [-0.39, 0.29) is 12.0 Å². The lowest BCUT2D eigenvalue weighted by atomic mass is 10.2. The second-order valence-corrected chi connectivity index (χ2v) is 5.40. The fraction of sp³-hybridized carbons (Fsp3) is 0.462. The Hall–Kier alpha value is -1.13. The average Bonchev–Trinajstić information content (AvgIpc) is 3.08. The summed E-state index contributed by atoms with van der Waals surface area (Å²) in [6.45, 7) is 2.38. The summed E-state index contributed by atoms with van der Waals surface area (Å²) in [6.07, 6.45) is 5.13. The normalized spacial score (nSPS) is 17.3. The van der Waals surface area contributed by atoms with Crippen molar-refractivity contribution in [1.29, 1.82) is 0 Å². The van der Waals surface area contributed by atoms with E-state index in [1.165, 1.54) is 11.6 Å². The van der Waals surface area contributed by atoms with Gasteiger partial charge in [0, 0.05) is 17.5 Å². The highest BCUT2D eigenvalue weighted by Gasteiger charge is 2.29. The van der Waals surface area contributed by atoms with Gasteiger partial charge in [-0.15, -0.1) is 11.3 Å². The van der Waals surface area contributed by atoms with Crippen LogP contribution in [0.25, 0.3) is 6.08 Å². The largest absolute Gasteiger partial charge is 0.391 e. The highest BCUT2D eigenvalue weighted by molar-refractivity contribution is 7.11. The van der Waals surface area contributed by atoms with Crippen molar-refractivity contribution in [2.45, 2.75) is 25.9 Å². The van der Waals surface area contributed by atoms with E-state index < -0.39 is 0 Å². The minimum atomic E-state index is -0.379. The quantitative estimate of drug-likeness (QED) is 0.786. The molecule has 0 aromatic carbocycles. The van der Waals surface area contributed by atoms with Crippen molar-refractivity contribution >= 4 is 23.3 Å². The molecule has 1 atom stereocenters. The first-order valence-corrected chi connectivity index (χ1v) is 6.73. The summed E-state index contributed by atoms with van der Waals surface area (Å²) in [4.78, 5) is 12.6. The van der Waals surface area contributed by atoms with Gasteiger partial charge < -0.3 is 10.4 Å². The summed E-state index contributed by atoms with van der Waals surface area (Å²) in [5, 5.41) is 14.3. The Morgan fingerprint density at radius 3 is 3.06 bits per heavy atom. The maximum Gasteiger partial charge on any atom is 0.244 e. The van der Waals surface area contributed by atoms with Gasteiger partial charge in [-0.3, -0.25) is 4.79 Å². The Morgan fingerprint density at radius 2 is 2.47 bits per heavy atom. The molecule has 1 aliphatic carbocycles. The van der Waals surface area contributed by atoms with Gasteiger partial charge in [0.05, 0.1) is 6.10 Å². The summed E-state index contributed by atoms with van der Waals surface area (Å²) in [5.41, 5.74) is 1.18. The van der Waals surface area contributed by atoms with Crippen LogP contribution in [-0.2, 0) is 4.79 Å². The van der Waals surface area contributed by atoms with E-state index >= 15 is 0 Å². The first kappa shape index (κ1) is 12.3. The third-order valence-corrected chi connectivity index (χ3v) is 3.92. The van der Waals surface area contributed by atoms with E-state index in [1.54, 1.807) is 11.3 Å². The summed E-state index contributed by atoms with van der Waals surface area (Å²) < 4.78 is 0. The molecular formula is C13H17NO2S. The van der Waals surface area contributed by atoms with Gasteiger partial charge in [-0.1, -0.05) is 0 Å². The average molecular weight is 251 g/mol. The molecule has 0 spiro atoms. The zero-order chi connectivity index (χ0) is 12.3. The number of hydrogen-bond donors (Lipinski definition) is 2. The maximum absolute atomic E-state index is 11.5. The minimum Gasteiger partial charge on any atom is -0.391 e. The molecule has 1 aromatic rings. The summed E-state index contributed by atoms with van der Waals surface area (Å²) in [7, 11) is 0. The van der Waals surface area contributed by atoms with Crippen molar-refractivity contribution in [2.24, 2.45) is 5.92 Å². The Balaban J connectivity index is 1.76. The molecule has 0 saturated heterocycles. The monoisotopic (exact) mass is 251 g/mol. The van der Waals surface area contributed by atoms with Crippen molar-refractivity contribution in [2.75, 3.05) is 6.54 Å². The first-order valence-electron chi connectivity index (χ1n) is 5.85. The number of aryl methyl sites for hydroxylation is 1. The van der Waals surface area contributed by atoms with Crippen LogP contribution >= 0.6 is 11.3 Å². The Bertz CT molecular complexity index is 421. The van der Waals surface area contributed by atoms with E-state index in [0.29, 0.717) is 12.5 Å². The molecule has 0 radical (unpaired) electrons. The SMILES string of the molecule is Cc1ccsc1C=CC(=O)NCC(O)C1CC1. The molecule has 1 aromatic heterocycles. The van der Waals surface area contributed by atoms with Crippen LogP contribution in [0.1, 0.15) is 23.3 Å². The summed E-state index contributed by atoms with van der Waals surface area (Å²) in [5.74, 6) is 0.260. The van der Waals surface area contributed by atoms with Crippen LogP contribution in [0.15, 0.2) is 17.5 Å². The number of hydrogen-bond acceptors (Lipinski definition) is 3. The predicted molar refractivity (Wildman–Crippen MR) is 69.8 cm³/mol. The number of aliphatic hydroxyl groups is 1. The molecule has 2 rings (SSSR count). The predicted octanol–water partition coefficient (Wildman–Crippen LogP) is 1.96. The van der Waals surface area contributed by atoms with Crippen LogP contribution in [0.3, 0.4) is 0 Å². The Morgan fingerprint density at radius 1 is 1.71 bits per heavy atom. The van der Waals surface area contributed by atoms with Crippen LogP contribution in [0.5, 0.6) is 0 Å². The second kappa shape index (κ2) is 5.47. The topological polar surface area (TPSA) is 49.3 Å². The smallest absolute Gasteiger partial charge is 0.244 e. The van der Waals surface area contributed by atoms with Gasteiger partial charge in [-0.2, -0.15) is 0 Å². The molecular weight excluding hydrogens is 234 g/mol. The number of thiophene rings is 1. The van der Waals surface area contributed by atoms with Gasteiger partial charge in [0.2, 0.25) is 5.91 Å². The Kier molecular flexibility index (Phi) is 3.97. The highest BCUT2D eigenvalue weighted by Crippen LogP contribution is 2.32. The van der Waals surface area contributed by atoms with Crippen LogP contribution in [0.4, 0.5) is 0 Å². The molecule has 1 amide bonds. The van der Waals surface area contributed by atoms with Crippen LogP contribution in [0.2, 0.25) is 0 Å². The molecule has 1 heterocycles. The van der Waals surface area contributed by atoms with Gasteiger partial charge in [0.15, 0.2) is 0 Å². The third-order valence-electron chi connectivity index (χ3n) is 2.94. The molecule has 4 heteroatoms. The molecule has 0 bridgehead atoms. The molecule has 1 aliphatic rings. The van der Waals surface area contributed by atoms with Gasteiger partial charge in [0.25, 0.3) is 0 Å². The van der Waals surface area contributed by atoms with Gasteiger partial charge >= 0.3 is 0 Å².